The van der Waals surface area contributed by atoms with Gasteiger partial charge in [-0.25, -0.2) is 0 Å². The number of fused-ring (bicyclic) bond motifs is 2. The van der Waals surface area contributed by atoms with Crippen LogP contribution in [0.25, 0.3) is 10.1 Å². The first kappa shape index (κ1) is 15.9. The van der Waals surface area contributed by atoms with Crippen LogP contribution in [0.15, 0.2) is 47.3 Å². The predicted molar refractivity (Wildman–Crippen MR) is 96.1 cm³/mol. The zero-order valence-corrected chi connectivity index (χ0v) is 14.6. The first-order chi connectivity index (χ1) is 11.9. The Hall–Kier alpha value is -2.62. The molecule has 1 aliphatic heterocycles. The average molecular weight is 352 g/mol. The SMILES string of the molecule is CC1(C)Oc2ccc(C#N)cc2[C@@H](n2sc3ccccc3c2=O)[C@@H]1O. The molecule has 25 heavy (non-hydrogen) atoms. The van der Waals surface area contributed by atoms with Crippen LogP contribution in [0.2, 0.25) is 0 Å². The van der Waals surface area contributed by atoms with Gasteiger partial charge in [0.25, 0.3) is 5.56 Å². The molecule has 126 valence electrons. The van der Waals surface area contributed by atoms with Crippen LogP contribution >= 0.6 is 11.5 Å². The maximum atomic E-state index is 12.9. The van der Waals surface area contributed by atoms with E-state index < -0.39 is 17.7 Å². The Balaban J connectivity index is 2.00. The lowest BCUT2D eigenvalue weighted by atomic mass is 9.86. The Morgan fingerprint density at radius 2 is 2.04 bits per heavy atom. The molecule has 5 nitrogen and oxygen atoms in total. The molecule has 0 spiro atoms. The van der Waals surface area contributed by atoms with Crippen LogP contribution in [-0.4, -0.2) is 20.8 Å². The number of rotatable bonds is 1. The Morgan fingerprint density at radius 3 is 2.76 bits per heavy atom. The molecule has 2 atom stereocenters. The van der Waals surface area contributed by atoms with Crippen LogP contribution in [-0.2, 0) is 0 Å². The number of hydrogen-bond donors (Lipinski definition) is 1. The number of aliphatic hydroxyl groups excluding tert-OH is 1. The summed E-state index contributed by atoms with van der Waals surface area (Å²) in [6, 6.07) is 14.0. The third kappa shape index (κ3) is 2.36. The van der Waals surface area contributed by atoms with Crippen molar-refractivity contribution >= 4 is 21.6 Å². The van der Waals surface area contributed by atoms with E-state index in [9.17, 15) is 15.2 Å². The summed E-state index contributed by atoms with van der Waals surface area (Å²) < 4.78 is 8.39. The van der Waals surface area contributed by atoms with Gasteiger partial charge in [-0.2, -0.15) is 5.26 Å². The minimum absolute atomic E-state index is 0.143. The molecule has 0 amide bonds. The summed E-state index contributed by atoms with van der Waals surface area (Å²) >= 11 is 1.32. The average Bonchev–Trinajstić information content (AvgIpc) is 2.92. The molecule has 6 heteroatoms. The fourth-order valence-electron chi connectivity index (χ4n) is 3.26. The lowest BCUT2D eigenvalue weighted by Crippen LogP contribution is -2.51. The molecule has 1 aromatic heterocycles. The highest BCUT2D eigenvalue weighted by molar-refractivity contribution is 7.13. The van der Waals surface area contributed by atoms with Crippen molar-refractivity contribution in [2.75, 3.05) is 0 Å². The molecular weight excluding hydrogens is 336 g/mol. The van der Waals surface area contributed by atoms with Gasteiger partial charge in [0.05, 0.1) is 21.7 Å². The van der Waals surface area contributed by atoms with E-state index in [0.717, 1.165) is 4.70 Å². The summed E-state index contributed by atoms with van der Waals surface area (Å²) in [6.07, 6.45) is -0.931. The molecule has 0 bridgehead atoms. The van der Waals surface area contributed by atoms with E-state index in [4.69, 9.17) is 4.74 Å². The standard InChI is InChI=1S/C19H16N2O3S/c1-19(2)17(22)16(13-9-11(10-20)7-8-14(13)24-19)21-18(23)12-5-3-4-6-15(12)25-21/h3-9,16-17,22H,1-2H3/t16-,17+/m1/s1. The normalized spacial score (nSPS) is 21.4. The van der Waals surface area contributed by atoms with Crippen LogP contribution < -0.4 is 10.3 Å². The van der Waals surface area contributed by atoms with Crippen molar-refractivity contribution in [3.63, 3.8) is 0 Å². The van der Waals surface area contributed by atoms with Crippen LogP contribution in [0.4, 0.5) is 0 Å². The van der Waals surface area contributed by atoms with Crippen LogP contribution in [0.3, 0.4) is 0 Å². The van der Waals surface area contributed by atoms with E-state index in [2.05, 4.69) is 6.07 Å². The van der Waals surface area contributed by atoms with Gasteiger partial charge in [0.1, 0.15) is 23.5 Å². The molecule has 0 saturated heterocycles. The minimum atomic E-state index is -0.931. The zero-order chi connectivity index (χ0) is 17.8. The van der Waals surface area contributed by atoms with Crippen LogP contribution in [0, 0.1) is 11.3 Å². The Labute approximate surface area is 148 Å². The van der Waals surface area contributed by atoms with E-state index in [1.807, 2.05) is 18.2 Å². The van der Waals surface area contributed by atoms with Gasteiger partial charge in [-0.05, 0) is 44.2 Å². The van der Waals surface area contributed by atoms with Gasteiger partial charge < -0.3 is 9.84 Å². The smallest absolute Gasteiger partial charge is 0.269 e. The lowest BCUT2D eigenvalue weighted by molar-refractivity contribution is -0.0622. The van der Waals surface area contributed by atoms with Crippen LogP contribution in [0.1, 0.15) is 31.0 Å². The molecular formula is C19H16N2O3S. The number of benzene rings is 2. The molecule has 2 heterocycles. The summed E-state index contributed by atoms with van der Waals surface area (Å²) in [6.45, 7) is 3.59. The minimum Gasteiger partial charge on any atom is -0.485 e. The van der Waals surface area contributed by atoms with E-state index in [1.165, 1.54) is 11.5 Å². The predicted octanol–water partition coefficient (Wildman–Crippen LogP) is 3.06. The monoisotopic (exact) mass is 352 g/mol. The van der Waals surface area contributed by atoms with Gasteiger partial charge in [0.2, 0.25) is 0 Å². The summed E-state index contributed by atoms with van der Waals surface area (Å²) in [5.74, 6) is 0.587. The zero-order valence-electron chi connectivity index (χ0n) is 13.8. The van der Waals surface area contributed by atoms with Crippen molar-refractivity contribution in [2.24, 2.45) is 0 Å². The van der Waals surface area contributed by atoms with Gasteiger partial charge in [-0.15, -0.1) is 0 Å². The third-order valence-electron chi connectivity index (χ3n) is 4.61. The van der Waals surface area contributed by atoms with Gasteiger partial charge in [0.15, 0.2) is 0 Å². The molecule has 0 unspecified atom stereocenters. The second-order valence-corrected chi connectivity index (χ2v) is 7.69. The highest BCUT2D eigenvalue weighted by atomic mass is 32.1. The third-order valence-corrected chi connectivity index (χ3v) is 5.75. The fourth-order valence-corrected chi connectivity index (χ4v) is 4.39. The van der Waals surface area contributed by atoms with E-state index >= 15 is 0 Å². The molecule has 0 radical (unpaired) electrons. The number of nitrogens with zero attached hydrogens (tertiary/aromatic N) is 2. The van der Waals surface area contributed by atoms with E-state index in [-0.39, 0.29) is 5.56 Å². The van der Waals surface area contributed by atoms with Crippen molar-refractivity contribution in [2.45, 2.75) is 31.6 Å². The Bertz CT molecular complexity index is 1070. The van der Waals surface area contributed by atoms with E-state index in [1.54, 1.807) is 42.1 Å². The van der Waals surface area contributed by atoms with Crippen molar-refractivity contribution < 1.29 is 9.84 Å². The molecule has 2 aromatic carbocycles. The fraction of sp³-hybridized carbons (Fsp3) is 0.263. The summed E-state index contributed by atoms with van der Waals surface area (Å²) in [7, 11) is 0. The number of aromatic nitrogens is 1. The van der Waals surface area contributed by atoms with Crippen molar-refractivity contribution in [3.05, 3.63) is 63.9 Å². The molecule has 0 fully saturated rings. The van der Waals surface area contributed by atoms with Crippen molar-refractivity contribution in [1.29, 1.82) is 5.26 Å². The maximum Gasteiger partial charge on any atom is 0.269 e. The van der Waals surface area contributed by atoms with Crippen LogP contribution in [0.5, 0.6) is 5.75 Å². The number of aliphatic hydroxyl groups is 1. The first-order valence-corrected chi connectivity index (χ1v) is 8.71. The molecule has 1 N–H and O–H groups in total. The topological polar surface area (TPSA) is 75.2 Å². The summed E-state index contributed by atoms with van der Waals surface area (Å²) in [4.78, 5) is 12.9. The van der Waals surface area contributed by atoms with Gasteiger partial charge >= 0.3 is 0 Å². The lowest BCUT2D eigenvalue weighted by Gasteiger charge is -2.42. The van der Waals surface area contributed by atoms with Gasteiger partial charge in [0, 0.05) is 5.56 Å². The second-order valence-electron chi connectivity index (χ2n) is 6.68. The number of hydrogen-bond acceptors (Lipinski definition) is 5. The highest BCUT2D eigenvalue weighted by Crippen LogP contribution is 2.43. The summed E-state index contributed by atoms with van der Waals surface area (Å²) in [5, 5.41) is 20.8. The molecule has 4 rings (SSSR count). The van der Waals surface area contributed by atoms with Gasteiger partial charge in [-0.3, -0.25) is 8.75 Å². The Kier molecular flexibility index (Phi) is 3.46. The summed E-state index contributed by atoms with van der Waals surface area (Å²) in [5.41, 5.74) is 0.116. The van der Waals surface area contributed by atoms with Crippen molar-refractivity contribution in [3.8, 4) is 11.8 Å². The quantitative estimate of drug-likeness (QED) is 0.730. The second kappa shape index (κ2) is 5.45. The number of ether oxygens (including phenoxy) is 1. The first-order valence-electron chi connectivity index (χ1n) is 7.94. The van der Waals surface area contributed by atoms with E-state index in [0.29, 0.717) is 22.3 Å². The van der Waals surface area contributed by atoms with Crippen molar-refractivity contribution in [1.82, 2.24) is 3.96 Å². The Morgan fingerprint density at radius 1 is 1.28 bits per heavy atom. The molecule has 0 saturated carbocycles. The number of nitriles is 1. The van der Waals surface area contributed by atoms with Gasteiger partial charge in [-0.1, -0.05) is 23.7 Å². The molecule has 3 aromatic rings. The maximum absolute atomic E-state index is 12.9. The molecule has 0 aliphatic carbocycles. The largest absolute Gasteiger partial charge is 0.485 e. The molecule has 1 aliphatic rings. The highest BCUT2D eigenvalue weighted by Gasteiger charge is 2.45.